The Morgan fingerprint density at radius 1 is 1.26 bits per heavy atom. The summed E-state index contributed by atoms with van der Waals surface area (Å²) >= 11 is 0. The third kappa shape index (κ3) is 4.80. The highest BCUT2D eigenvalue weighted by atomic mass is 16.5. The molecule has 0 aromatic heterocycles. The van der Waals surface area contributed by atoms with E-state index in [2.05, 4.69) is 10.2 Å². The van der Waals surface area contributed by atoms with Gasteiger partial charge in [0.05, 0.1) is 13.7 Å². The van der Waals surface area contributed by atoms with Gasteiger partial charge in [-0.1, -0.05) is 18.2 Å². The third-order valence-corrected chi connectivity index (χ3v) is 5.91. The fourth-order valence-corrected chi connectivity index (χ4v) is 4.47. The fourth-order valence-electron chi connectivity index (χ4n) is 4.47. The van der Waals surface area contributed by atoms with Crippen molar-refractivity contribution in [1.29, 1.82) is 0 Å². The largest absolute Gasteiger partial charge is 0.496 e. The normalized spacial score (nSPS) is 23.5. The van der Waals surface area contributed by atoms with Crippen LogP contribution in [0.3, 0.4) is 0 Å². The van der Waals surface area contributed by atoms with Crippen molar-refractivity contribution in [3.8, 4) is 5.75 Å². The first kappa shape index (κ1) is 19.7. The monoisotopic (exact) mass is 373 g/mol. The summed E-state index contributed by atoms with van der Waals surface area (Å²) in [6, 6.07) is 7.74. The topological polar surface area (TPSA) is 61.9 Å². The van der Waals surface area contributed by atoms with E-state index in [-0.39, 0.29) is 17.2 Å². The molecule has 1 aromatic carbocycles. The molecular formula is C21H31N3O3. The molecule has 148 valence electrons. The van der Waals surface area contributed by atoms with Crippen molar-refractivity contribution in [3.63, 3.8) is 0 Å². The quantitative estimate of drug-likeness (QED) is 0.829. The van der Waals surface area contributed by atoms with Gasteiger partial charge in [0.15, 0.2) is 0 Å². The van der Waals surface area contributed by atoms with Gasteiger partial charge in [-0.15, -0.1) is 0 Å². The number of piperidine rings is 2. The summed E-state index contributed by atoms with van der Waals surface area (Å²) in [7, 11) is 1.64. The summed E-state index contributed by atoms with van der Waals surface area (Å²) < 4.78 is 5.34. The Kier molecular flexibility index (Phi) is 6.37. The van der Waals surface area contributed by atoms with Crippen LogP contribution in [0.15, 0.2) is 24.3 Å². The molecule has 2 saturated heterocycles. The second kappa shape index (κ2) is 8.74. The van der Waals surface area contributed by atoms with Gasteiger partial charge in [0, 0.05) is 43.6 Å². The lowest BCUT2D eigenvalue weighted by atomic mass is 9.73. The van der Waals surface area contributed by atoms with Crippen molar-refractivity contribution in [2.24, 2.45) is 5.41 Å². The number of rotatable bonds is 6. The summed E-state index contributed by atoms with van der Waals surface area (Å²) in [6.45, 7) is 6.39. The lowest BCUT2D eigenvalue weighted by molar-refractivity contribution is -0.139. The van der Waals surface area contributed by atoms with Crippen LogP contribution < -0.4 is 10.1 Å². The van der Waals surface area contributed by atoms with Gasteiger partial charge < -0.3 is 15.0 Å². The number of nitrogens with one attached hydrogen (secondary N) is 1. The minimum atomic E-state index is 0.0391. The van der Waals surface area contributed by atoms with E-state index in [0.717, 1.165) is 56.8 Å². The molecule has 2 aliphatic heterocycles. The van der Waals surface area contributed by atoms with E-state index >= 15 is 0 Å². The highest BCUT2D eigenvalue weighted by molar-refractivity contribution is 5.78. The van der Waals surface area contributed by atoms with Crippen LogP contribution in [0.4, 0.5) is 0 Å². The van der Waals surface area contributed by atoms with Gasteiger partial charge in [-0.25, -0.2) is 0 Å². The van der Waals surface area contributed by atoms with Crippen LogP contribution in [0, 0.1) is 5.41 Å². The molecule has 27 heavy (non-hydrogen) atoms. The van der Waals surface area contributed by atoms with Gasteiger partial charge in [0.25, 0.3) is 0 Å². The van der Waals surface area contributed by atoms with Crippen LogP contribution in [0.25, 0.3) is 0 Å². The first-order valence-electron chi connectivity index (χ1n) is 9.94. The number of ether oxygens (including phenoxy) is 1. The molecule has 3 rings (SSSR count). The summed E-state index contributed by atoms with van der Waals surface area (Å²) in [5, 5.41) is 3.01. The van der Waals surface area contributed by atoms with Gasteiger partial charge in [0.1, 0.15) is 5.75 Å². The third-order valence-electron chi connectivity index (χ3n) is 5.91. The maximum atomic E-state index is 12.5. The molecule has 6 heteroatoms. The first-order chi connectivity index (χ1) is 13.0. The number of nitrogens with zero attached hydrogens (tertiary/aromatic N) is 2. The minimum Gasteiger partial charge on any atom is -0.496 e. The number of hydrogen-bond acceptors (Lipinski definition) is 4. The second-order valence-corrected chi connectivity index (χ2v) is 7.81. The molecule has 0 unspecified atom stereocenters. The highest BCUT2D eigenvalue weighted by Gasteiger charge is 2.41. The number of likely N-dealkylation sites (tertiary alicyclic amines) is 2. The van der Waals surface area contributed by atoms with Gasteiger partial charge >= 0.3 is 0 Å². The van der Waals surface area contributed by atoms with E-state index in [4.69, 9.17) is 4.74 Å². The molecule has 0 aliphatic carbocycles. The fraction of sp³-hybridized carbons (Fsp3) is 0.619. The zero-order valence-electron chi connectivity index (χ0n) is 16.5. The van der Waals surface area contributed by atoms with Gasteiger partial charge in [-0.2, -0.15) is 0 Å². The standard InChI is InChI=1S/C21H31N3O3/c1-3-24-16-21(11-9-20(24)26)10-6-12-23(15-21)14-19(25)22-13-17-7-4-5-8-18(17)27-2/h4-5,7-8H,3,6,9-16H2,1-2H3,(H,22,25)/t21-/m0/s1. The van der Waals surface area contributed by atoms with Crippen molar-refractivity contribution in [2.45, 2.75) is 39.2 Å². The molecule has 1 aromatic rings. The molecule has 1 spiro atoms. The summed E-state index contributed by atoms with van der Waals surface area (Å²) in [6.07, 6.45) is 3.82. The Hall–Kier alpha value is -2.08. The number of para-hydroxylation sites is 1. The number of benzene rings is 1. The van der Waals surface area contributed by atoms with E-state index in [1.807, 2.05) is 36.1 Å². The lowest BCUT2D eigenvalue weighted by Crippen LogP contribution is -2.55. The summed E-state index contributed by atoms with van der Waals surface area (Å²) in [5.41, 5.74) is 1.14. The predicted molar refractivity (Wildman–Crippen MR) is 104 cm³/mol. The Morgan fingerprint density at radius 2 is 2.07 bits per heavy atom. The van der Waals surface area contributed by atoms with Crippen molar-refractivity contribution < 1.29 is 14.3 Å². The Bertz CT molecular complexity index is 678. The molecule has 0 radical (unpaired) electrons. The molecule has 2 aliphatic rings. The van der Waals surface area contributed by atoms with Crippen LogP contribution in [-0.4, -0.2) is 61.4 Å². The lowest BCUT2D eigenvalue weighted by Gasteiger charge is -2.48. The van der Waals surface area contributed by atoms with Crippen LogP contribution in [-0.2, 0) is 16.1 Å². The second-order valence-electron chi connectivity index (χ2n) is 7.81. The predicted octanol–water partition coefficient (Wildman–Crippen LogP) is 2.04. The zero-order valence-corrected chi connectivity index (χ0v) is 16.5. The molecule has 0 saturated carbocycles. The molecule has 6 nitrogen and oxygen atoms in total. The van der Waals surface area contributed by atoms with Crippen LogP contribution in [0.1, 0.15) is 38.2 Å². The molecule has 1 atom stereocenters. The molecule has 0 bridgehead atoms. The number of amides is 2. The number of methoxy groups -OCH3 is 1. The molecule has 2 amide bonds. The molecule has 1 N–H and O–H groups in total. The maximum absolute atomic E-state index is 12.5. The average Bonchev–Trinajstić information content (AvgIpc) is 2.69. The van der Waals surface area contributed by atoms with Crippen LogP contribution >= 0.6 is 0 Å². The highest BCUT2D eigenvalue weighted by Crippen LogP contribution is 2.38. The van der Waals surface area contributed by atoms with Crippen LogP contribution in [0.5, 0.6) is 5.75 Å². The molecule has 2 heterocycles. The van der Waals surface area contributed by atoms with Crippen molar-refractivity contribution in [3.05, 3.63) is 29.8 Å². The van der Waals surface area contributed by atoms with E-state index in [0.29, 0.717) is 19.5 Å². The van der Waals surface area contributed by atoms with Gasteiger partial charge in [0.2, 0.25) is 11.8 Å². The van der Waals surface area contributed by atoms with E-state index < -0.39 is 0 Å². The Labute approximate surface area is 161 Å². The van der Waals surface area contributed by atoms with Crippen molar-refractivity contribution >= 4 is 11.8 Å². The first-order valence-corrected chi connectivity index (χ1v) is 9.94. The zero-order chi connectivity index (χ0) is 19.3. The molecular weight excluding hydrogens is 342 g/mol. The summed E-state index contributed by atoms with van der Waals surface area (Å²) in [4.78, 5) is 28.7. The Balaban J connectivity index is 1.53. The van der Waals surface area contributed by atoms with Gasteiger partial charge in [-0.05, 0) is 38.8 Å². The van der Waals surface area contributed by atoms with E-state index in [1.54, 1.807) is 7.11 Å². The van der Waals surface area contributed by atoms with Crippen molar-refractivity contribution in [2.75, 3.05) is 39.8 Å². The average molecular weight is 373 g/mol. The minimum absolute atomic E-state index is 0.0391. The number of hydrogen-bond donors (Lipinski definition) is 1. The Morgan fingerprint density at radius 3 is 2.85 bits per heavy atom. The van der Waals surface area contributed by atoms with E-state index in [1.165, 1.54) is 0 Å². The number of carbonyl (C=O) groups is 2. The smallest absolute Gasteiger partial charge is 0.234 e. The van der Waals surface area contributed by atoms with Gasteiger partial charge in [-0.3, -0.25) is 14.5 Å². The van der Waals surface area contributed by atoms with Crippen molar-refractivity contribution in [1.82, 2.24) is 15.1 Å². The maximum Gasteiger partial charge on any atom is 0.234 e. The van der Waals surface area contributed by atoms with E-state index in [9.17, 15) is 9.59 Å². The van der Waals surface area contributed by atoms with Crippen LogP contribution in [0.2, 0.25) is 0 Å². The summed E-state index contributed by atoms with van der Waals surface area (Å²) in [5.74, 6) is 1.10. The number of carbonyl (C=O) groups excluding carboxylic acids is 2. The molecule has 2 fully saturated rings. The SMILES string of the molecule is CCN1C[C@@]2(CCCN(CC(=O)NCc3ccccc3OC)C2)CCC1=O.